The maximum Gasteiger partial charge on any atom is 0.333 e. The second-order valence-corrected chi connectivity index (χ2v) is 7.53. The van der Waals surface area contributed by atoms with Gasteiger partial charge in [0, 0.05) is 0 Å². The van der Waals surface area contributed by atoms with Crippen molar-refractivity contribution in [3.63, 3.8) is 0 Å². The molecule has 1 heterocycles. The van der Waals surface area contributed by atoms with Gasteiger partial charge in [-0.25, -0.2) is 4.79 Å². The molecule has 0 radical (unpaired) electrons. The lowest BCUT2D eigenvalue weighted by atomic mass is 10.1. The first-order valence-corrected chi connectivity index (χ1v) is 10.1. The van der Waals surface area contributed by atoms with Crippen molar-refractivity contribution in [3.05, 3.63) is 35.4 Å². The smallest absolute Gasteiger partial charge is 0.333 e. The molecule has 1 atom stereocenters. The SMILES string of the molecule is CCOC(=O)C(CP(=O)(OCC)OCC)N1C(=O)c2ccccc2C1=O. The lowest BCUT2D eigenvalue weighted by Gasteiger charge is -2.27. The van der Waals surface area contributed by atoms with E-state index in [0.717, 1.165) is 4.90 Å². The van der Waals surface area contributed by atoms with E-state index in [1.54, 1.807) is 32.9 Å². The Balaban J connectivity index is 2.40. The highest BCUT2D eigenvalue weighted by atomic mass is 31.2. The van der Waals surface area contributed by atoms with Gasteiger partial charge in [-0.15, -0.1) is 0 Å². The third kappa shape index (κ3) is 4.03. The van der Waals surface area contributed by atoms with Gasteiger partial charge in [0.1, 0.15) is 6.04 Å². The van der Waals surface area contributed by atoms with Gasteiger partial charge in [-0.1, -0.05) is 12.1 Å². The number of carbonyl (C=O) groups excluding carboxylic acids is 3. The highest BCUT2D eigenvalue weighted by Crippen LogP contribution is 2.49. The summed E-state index contributed by atoms with van der Waals surface area (Å²) in [4.78, 5) is 38.6. The Morgan fingerprint density at radius 1 is 1.00 bits per heavy atom. The number of amides is 2. The molecule has 26 heavy (non-hydrogen) atoms. The summed E-state index contributed by atoms with van der Waals surface area (Å²) in [5.74, 6) is -2.10. The van der Waals surface area contributed by atoms with Crippen molar-refractivity contribution in [1.82, 2.24) is 4.90 Å². The molecule has 0 saturated heterocycles. The molecule has 1 unspecified atom stereocenters. The number of nitrogens with zero attached hydrogens (tertiary/aromatic N) is 1. The zero-order chi connectivity index (χ0) is 19.3. The molecule has 0 bridgehead atoms. The van der Waals surface area contributed by atoms with Crippen LogP contribution in [0.1, 0.15) is 41.5 Å². The minimum absolute atomic E-state index is 0.0477. The van der Waals surface area contributed by atoms with Crippen molar-refractivity contribution >= 4 is 25.4 Å². The van der Waals surface area contributed by atoms with E-state index in [9.17, 15) is 18.9 Å². The lowest BCUT2D eigenvalue weighted by Crippen LogP contribution is -2.48. The van der Waals surface area contributed by atoms with Crippen molar-refractivity contribution in [2.45, 2.75) is 26.8 Å². The van der Waals surface area contributed by atoms with Crippen LogP contribution in [0.4, 0.5) is 0 Å². The highest BCUT2D eigenvalue weighted by Gasteiger charge is 2.46. The summed E-state index contributed by atoms with van der Waals surface area (Å²) in [6, 6.07) is 4.85. The quantitative estimate of drug-likeness (QED) is 0.367. The summed E-state index contributed by atoms with van der Waals surface area (Å²) in [6.45, 7) is 5.10. The molecule has 0 spiro atoms. The molecule has 9 heteroatoms. The molecular formula is C17H22NO7P. The predicted octanol–water partition coefficient (Wildman–Crippen LogP) is 2.48. The maximum atomic E-state index is 12.9. The van der Waals surface area contributed by atoms with Crippen LogP contribution in [0.3, 0.4) is 0 Å². The average molecular weight is 383 g/mol. The van der Waals surface area contributed by atoms with Gasteiger partial charge in [-0.2, -0.15) is 0 Å². The van der Waals surface area contributed by atoms with Gasteiger partial charge in [0.25, 0.3) is 11.8 Å². The van der Waals surface area contributed by atoms with E-state index in [0.29, 0.717) is 0 Å². The summed E-state index contributed by atoms with van der Waals surface area (Å²) in [6.07, 6.45) is -0.459. The van der Waals surface area contributed by atoms with Crippen molar-refractivity contribution in [3.8, 4) is 0 Å². The first kappa shape index (κ1) is 20.3. The summed E-state index contributed by atoms with van der Waals surface area (Å²) >= 11 is 0. The molecule has 1 aromatic rings. The van der Waals surface area contributed by atoms with E-state index < -0.39 is 37.6 Å². The number of hydrogen-bond acceptors (Lipinski definition) is 7. The van der Waals surface area contributed by atoms with Crippen LogP contribution in [0.15, 0.2) is 24.3 Å². The molecule has 0 saturated carbocycles. The molecule has 0 fully saturated rings. The van der Waals surface area contributed by atoms with Crippen molar-refractivity contribution < 1.29 is 32.7 Å². The standard InChI is InChI=1S/C17H22NO7P/c1-4-23-17(21)14(11-26(22,24-5-2)25-6-3)18-15(19)12-9-7-8-10-13(12)16(18)20/h7-10,14H,4-6,11H2,1-3H3. The second kappa shape index (κ2) is 8.58. The fraction of sp³-hybridized carbons (Fsp3) is 0.471. The molecule has 2 rings (SSSR count). The molecular weight excluding hydrogens is 361 g/mol. The predicted molar refractivity (Wildman–Crippen MR) is 93.1 cm³/mol. The average Bonchev–Trinajstić information content (AvgIpc) is 2.85. The summed E-state index contributed by atoms with van der Waals surface area (Å²) in [7, 11) is -3.70. The van der Waals surface area contributed by atoms with E-state index >= 15 is 0 Å². The number of hydrogen-bond donors (Lipinski definition) is 0. The zero-order valence-electron chi connectivity index (χ0n) is 15.0. The largest absolute Gasteiger partial charge is 0.464 e. The molecule has 0 aromatic heterocycles. The van der Waals surface area contributed by atoms with E-state index in [1.807, 2.05) is 0 Å². The van der Waals surface area contributed by atoms with Crippen molar-refractivity contribution in [2.75, 3.05) is 26.0 Å². The van der Waals surface area contributed by atoms with Crippen LogP contribution in [-0.4, -0.2) is 54.7 Å². The van der Waals surface area contributed by atoms with Crippen LogP contribution in [0, 0.1) is 0 Å². The Kier molecular flexibility index (Phi) is 6.69. The normalized spacial score (nSPS) is 15.1. The Morgan fingerprint density at radius 2 is 1.50 bits per heavy atom. The van der Waals surface area contributed by atoms with E-state index in [4.69, 9.17) is 13.8 Å². The zero-order valence-corrected chi connectivity index (χ0v) is 15.9. The monoisotopic (exact) mass is 383 g/mol. The molecule has 2 amide bonds. The first-order valence-electron chi connectivity index (χ1n) is 8.40. The number of carbonyl (C=O) groups is 3. The summed E-state index contributed by atoms with van der Waals surface area (Å²) in [5.41, 5.74) is 0.379. The minimum Gasteiger partial charge on any atom is -0.464 e. The highest BCUT2D eigenvalue weighted by molar-refractivity contribution is 7.54. The summed E-state index contributed by atoms with van der Waals surface area (Å²) < 4.78 is 28.3. The van der Waals surface area contributed by atoms with Crippen molar-refractivity contribution in [1.29, 1.82) is 0 Å². The fourth-order valence-corrected chi connectivity index (χ4v) is 4.55. The number of esters is 1. The maximum absolute atomic E-state index is 12.9. The third-order valence-corrected chi connectivity index (χ3v) is 5.84. The van der Waals surface area contributed by atoms with Gasteiger partial charge in [0.15, 0.2) is 0 Å². The van der Waals surface area contributed by atoms with Crippen LogP contribution in [0.25, 0.3) is 0 Å². The van der Waals surface area contributed by atoms with Crippen molar-refractivity contribution in [2.24, 2.45) is 0 Å². The van der Waals surface area contributed by atoms with Crippen LogP contribution in [-0.2, 0) is 23.1 Å². The van der Waals surface area contributed by atoms with Gasteiger partial charge in [-0.05, 0) is 32.9 Å². The Bertz CT molecular complexity index is 703. The number of fused-ring (bicyclic) bond motifs is 1. The molecule has 8 nitrogen and oxygen atoms in total. The van der Waals surface area contributed by atoms with Crippen LogP contribution in [0.5, 0.6) is 0 Å². The van der Waals surface area contributed by atoms with Crippen LogP contribution < -0.4 is 0 Å². The summed E-state index contributed by atoms with van der Waals surface area (Å²) in [5, 5.41) is 0. The third-order valence-electron chi connectivity index (χ3n) is 3.74. The second-order valence-electron chi connectivity index (χ2n) is 5.42. The molecule has 0 aliphatic carbocycles. The van der Waals surface area contributed by atoms with E-state index in [-0.39, 0.29) is 30.9 Å². The van der Waals surface area contributed by atoms with Gasteiger partial charge in [0.05, 0.1) is 37.1 Å². The molecule has 142 valence electrons. The van der Waals surface area contributed by atoms with E-state index in [2.05, 4.69) is 0 Å². The number of imide groups is 1. The Morgan fingerprint density at radius 3 is 1.92 bits per heavy atom. The molecule has 1 aliphatic rings. The molecule has 1 aliphatic heterocycles. The van der Waals surface area contributed by atoms with Crippen LogP contribution in [0.2, 0.25) is 0 Å². The van der Waals surface area contributed by atoms with Gasteiger partial charge >= 0.3 is 13.6 Å². The van der Waals surface area contributed by atoms with Crippen LogP contribution >= 0.6 is 7.60 Å². The van der Waals surface area contributed by atoms with E-state index in [1.165, 1.54) is 12.1 Å². The Labute approximate surface area is 151 Å². The number of ether oxygens (including phenoxy) is 1. The van der Waals surface area contributed by atoms with Gasteiger partial charge in [-0.3, -0.25) is 19.1 Å². The molecule has 1 aromatic carbocycles. The number of benzene rings is 1. The minimum atomic E-state index is -3.70. The fourth-order valence-electron chi connectivity index (χ4n) is 2.74. The number of rotatable bonds is 9. The first-order chi connectivity index (χ1) is 12.4. The van der Waals surface area contributed by atoms with Gasteiger partial charge in [0.2, 0.25) is 0 Å². The Hall–Kier alpha value is -2.02. The lowest BCUT2D eigenvalue weighted by molar-refractivity contribution is -0.147. The van der Waals surface area contributed by atoms with Gasteiger partial charge < -0.3 is 13.8 Å². The molecule has 0 N–H and O–H groups in total. The topological polar surface area (TPSA) is 99.2 Å².